The maximum atomic E-state index is 10.7. The van der Waals surface area contributed by atoms with Crippen molar-refractivity contribution in [2.75, 3.05) is 0 Å². The highest BCUT2D eigenvalue weighted by atomic mass is 16.5. The largest absolute Gasteiger partial charge is 0.502 e. The summed E-state index contributed by atoms with van der Waals surface area (Å²) in [5, 5.41) is 17.7. The standard InChI is InChI=1S/2C6H8O3/c2*1-3-5(7)6(8)4(2)9-3/h2*3,8H,1-2H3. The fourth-order valence-corrected chi connectivity index (χ4v) is 1.48. The third-order valence-electron chi connectivity index (χ3n) is 2.58. The second kappa shape index (κ2) is 5.12. The Bertz CT molecular complexity index is 403. The molecule has 0 aromatic heterocycles. The number of carbonyl (C=O) groups is 2. The van der Waals surface area contributed by atoms with Gasteiger partial charge in [0.25, 0.3) is 0 Å². The Morgan fingerprint density at radius 3 is 1.17 bits per heavy atom. The predicted molar refractivity (Wildman–Crippen MR) is 61.8 cm³/mol. The first-order chi connectivity index (χ1) is 8.25. The fraction of sp³-hybridized carbons (Fsp3) is 0.500. The minimum absolute atomic E-state index is 0.234. The molecular formula is C12H16O6. The summed E-state index contributed by atoms with van der Waals surface area (Å²) in [7, 11) is 0. The third kappa shape index (κ3) is 2.64. The molecule has 100 valence electrons. The smallest absolute Gasteiger partial charge is 0.240 e. The first-order valence-electron chi connectivity index (χ1n) is 5.47. The van der Waals surface area contributed by atoms with Crippen LogP contribution in [-0.2, 0) is 19.1 Å². The number of hydrogen-bond acceptors (Lipinski definition) is 6. The first-order valence-corrected chi connectivity index (χ1v) is 5.47. The maximum absolute atomic E-state index is 10.7. The number of ether oxygens (including phenoxy) is 2. The van der Waals surface area contributed by atoms with Gasteiger partial charge in [-0.15, -0.1) is 0 Å². The van der Waals surface area contributed by atoms with Gasteiger partial charge >= 0.3 is 0 Å². The quantitative estimate of drug-likeness (QED) is 0.682. The summed E-state index contributed by atoms with van der Waals surface area (Å²) in [4.78, 5) is 21.4. The zero-order valence-corrected chi connectivity index (χ0v) is 10.7. The van der Waals surface area contributed by atoms with E-state index in [1.165, 1.54) is 0 Å². The number of carbonyl (C=O) groups excluding carboxylic acids is 2. The number of Topliss-reactive ketones (excluding diaryl/α,β-unsaturated/α-hetero) is 2. The van der Waals surface area contributed by atoms with Crippen LogP contribution in [0.4, 0.5) is 0 Å². The van der Waals surface area contributed by atoms with Crippen molar-refractivity contribution in [3.05, 3.63) is 23.0 Å². The summed E-state index contributed by atoms with van der Waals surface area (Å²) in [6.45, 7) is 6.34. The van der Waals surface area contributed by atoms with Gasteiger partial charge in [-0.1, -0.05) is 0 Å². The van der Waals surface area contributed by atoms with Crippen molar-refractivity contribution in [2.24, 2.45) is 0 Å². The molecule has 2 aliphatic heterocycles. The highest BCUT2D eigenvalue weighted by Crippen LogP contribution is 2.18. The van der Waals surface area contributed by atoms with Crippen LogP contribution < -0.4 is 0 Å². The summed E-state index contributed by atoms with van der Waals surface area (Å²) < 4.78 is 9.73. The summed E-state index contributed by atoms with van der Waals surface area (Å²) in [6.07, 6.45) is -0.991. The van der Waals surface area contributed by atoms with Crippen molar-refractivity contribution in [3.8, 4) is 0 Å². The molecule has 0 saturated heterocycles. The molecule has 2 N–H and O–H groups in total. The van der Waals surface area contributed by atoms with Crippen LogP contribution in [0.25, 0.3) is 0 Å². The number of allylic oxidation sites excluding steroid dienone is 2. The van der Waals surface area contributed by atoms with E-state index < -0.39 is 12.2 Å². The van der Waals surface area contributed by atoms with Gasteiger partial charge < -0.3 is 19.7 Å². The topological polar surface area (TPSA) is 93.1 Å². The average molecular weight is 256 g/mol. The van der Waals surface area contributed by atoms with E-state index >= 15 is 0 Å². The molecule has 2 aliphatic rings. The lowest BCUT2D eigenvalue weighted by atomic mass is 10.2. The van der Waals surface area contributed by atoms with Crippen LogP contribution in [0.2, 0.25) is 0 Å². The van der Waals surface area contributed by atoms with Gasteiger partial charge in [0, 0.05) is 0 Å². The Labute approximate surface area is 105 Å². The molecule has 0 fully saturated rings. The highest BCUT2D eigenvalue weighted by Gasteiger charge is 2.29. The number of ketones is 2. The second-order valence-corrected chi connectivity index (χ2v) is 4.06. The first kappa shape index (κ1) is 14.1. The molecular weight excluding hydrogens is 240 g/mol. The summed E-state index contributed by atoms with van der Waals surface area (Å²) in [5.41, 5.74) is 0. The van der Waals surface area contributed by atoms with Crippen LogP contribution in [0.15, 0.2) is 23.0 Å². The Morgan fingerprint density at radius 2 is 1.11 bits per heavy atom. The summed E-state index contributed by atoms with van der Waals surface area (Å²) in [5.74, 6) is -0.468. The van der Waals surface area contributed by atoms with Crippen LogP contribution in [0.5, 0.6) is 0 Å². The molecule has 0 aliphatic carbocycles. The molecule has 6 nitrogen and oxygen atoms in total. The van der Waals surface area contributed by atoms with Crippen molar-refractivity contribution in [2.45, 2.75) is 39.9 Å². The van der Waals surface area contributed by atoms with Gasteiger partial charge in [-0.3, -0.25) is 9.59 Å². The van der Waals surface area contributed by atoms with E-state index in [2.05, 4.69) is 0 Å². The van der Waals surface area contributed by atoms with E-state index in [1.807, 2.05) is 0 Å². The normalized spacial score (nSPS) is 26.9. The zero-order chi connectivity index (χ0) is 14.0. The van der Waals surface area contributed by atoms with E-state index in [0.717, 1.165) is 0 Å². The van der Waals surface area contributed by atoms with Crippen molar-refractivity contribution in [1.82, 2.24) is 0 Å². The Morgan fingerprint density at radius 1 is 0.833 bits per heavy atom. The van der Waals surface area contributed by atoms with Crippen molar-refractivity contribution >= 4 is 11.6 Å². The van der Waals surface area contributed by atoms with Crippen LogP contribution >= 0.6 is 0 Å². The van der Waals surface area contributed by atoms with Gasteiger partial charge in [0.1, 0.15) is 11.5 Å². The molecule has 2 atom stereocenters. The molecule has 0 spiro atoms. The number of rotatable bonds is 0. The minimum atomic E-state index is -0.495. The van der Waals surface area contributed by atoms with Crippen LogP contribution in [0.3, 0.4) is 0 Å². The molecule has 0 aromatic carbocycles. The summed E-state index contributed by atoms with van der Waals surface area (Å²) in [6, 6.07) is 0. The maximum Gasteiger partial charge on any atom is 0.240 e. The van der Waals surface area contributed by atoms with Gasteiger partial charge in [-0.05, 0) is 27.7 Å². The van der Waals surface area contributed by atoms with Gasteiger partial charge in [0.05, 0.1) is 0 Å². The minimum Gasteiger partial charge on any atom is -0.502 e. The predicted octanol–water partition coefficient (Wildman–Crippen LogP) is 1.53. The fourth-order valence-electron chi connectivity index (χ4n) is 1.48. The molecule has 0 bridgehead atoms. The number of hydrogen-bond donors (Lipinski definition) is 2. The van der Waals surface area contributed by atoms with Crippen LogP contribution in [0.1, 0.15) is 27.7 Å². The van der Waals surface area contributed by atoms with Crippen LogP contribution in [-0.4, -0.2) is 34.0 Å². The van der Waals surface area contributed by atoms with Gasteiger partial charge in [0.2, 0.25) is 23.1 Å². The molecule has 0 radical (unpaired) electrons. The lowest BCUT2D eigenvalue weighted by Gasteiger charge is -1.99. The number of aliphatic hydroxyl groups excluding tert-OH is 2. The van der Waals surface area contributed by atoms with Gasteiger partial charge in [-0.2, -0.15) is 0 Å². The van der Waals surface area contributed by atoms with Gasteiger partial charge in [-0.25, -0.2) is 0 Å². The van der Waals surface area contributed by atoms with E-state index in [-0.39, 0.29) is 23.1 Å². The van der Waals surface area contributed by atoms with Crippen molar-refractivity contribution < 1.29 is 29.3 Å². The van der Waals surface area contributed by atoms with E-state index in [4.69, 9.17) is 19.7 Å². The Hall–Kier alpha value is -1.98. The third-order valence-corrected chi connectivity index (χ3v) is 2.58. The lowest BCUT2D eigenvalue weighted by Crippen LogP contribution is -2.12. The Balaban J connectivity index is 0.000000180. The summed E-state index contributed by atoms with van der Waals surface area (Å²) >= 11 is 0. The average Bonchev–Trinajstić information content (AvgIpc) is 2.66. The number of aliphatic hydroxyl groups is 2. The van der Waals surface area contributed by atoms with Gasteiger partial charge in [0.15, 0.2) is 12.2 Å². The molecule has 2 rings (SSSR count). The molecule has 0 amide bonds. The molecule has 6 heteroatoms. The Kier molecular flexibility index (Phi) is 4.00. The van der Waals surface area contributed by atoms with E-state index in [0.29, 0.717) is 11.5 Å². The molecule has 18 heavy (non-hydrogen) atoms. The SMILES string of the molecule is CC1=C(O)C(=O)C(C)O1.CC1=C(O)C(=O)C(C)O1. The molecule has 2 heterocycles. The second-order valence-electron chi connectivity index (χ2n) is 4.06. The molecule has 0 aromatic rings. The van der Waals surface area contributed by atoms with Crippen molar-refractivity contribution in [1.29, 1.82) is 0 Å². The molecule has 0 saturated carbocycles. The monoisotopic (exact) mass is 256 g/mol. The molecule has 2 unspecified atom stereocenters. The van der Waals surface area contributed by atoms with E-state index in [1.54, 1.807) is 27.7 Å². The lowest BCUT2D eigenvalue weighted by molar-refractivity contribution is -0.122. The zero-order valence-electron chi connectivity index (χ0n) is 10.7. The van der Waals surface area contributed by atoms with E-state index in [9.17, 15) is 9.59 Å². The van der Waals surface area contributed by atoms with Crippen LogP contribution in [0, 0.1) is 0 Å². The highest BCUT2D eigenvalue weighted by molar-refractivity contribution is 5.99. The van der Waals surface area contributed by atoms with Crippen molar-refractivity contribution in [3.63, 3.8) is 0 Å².